The van der Waals surface area contributed by atoms with Crippen molar-refractivity contribution in [2.45, 2.75) is 37.9 Å². The topological polar surface area (TPSA) is 112 Å². The molecule has 5 rings (SSSR count). The highest BCUT2D eigenvalue weighted by molar-refractivity contribution is 6.07. The number of benzene rings is 1. The van der Waals surface area contributed by atoms with E-state index in [4.69, 9.17) is 4.74 Å². The average molecular weight is 421 g/mol. The third kappa shape index (κ3) is 3.52. The molecule has 1 aliphatic carbocycles. The van der Waals surface area contributed by atoms with Gasteiger partial charge in [-0.05, 0) is 31.1 Å². The number of ether oxygens (including phenoxy) is 1. The molecule has 8 nitrogen and oxygen atoms in total. The highest BCUT2D eigenvalue weighted by Crippen LogP contribution is 2.39. The smallest absolute Gasteiger partial charge is 0.241 e. The number of aromatic nitrogens is 1. The number of nitrogens with zero attached hydrogens (tertiary/aromatic N) is 2. The van der Waals surface area contributed by atoms with Gasteiger partial charge in [-0.3, -0.25) is 19.8 Å². The molecule has 2 saturated heterocycles. The number of imide groups is 1. The van der Waals surface area contributed by atoms with Crippen molar-refractivity contribution in [1.29, 1.82) is 0 Å². The van der Waals surface area contributed by atoms with Crippen LogP contribution in [0.1, 0.15) is 18.5 Å². The molecule has 3 aliphatic rings. The first-order valence-corrected chi connectivity index (χ1v) is 10.4. The molecule has 1 aromatic heterocycles. The molecule has 2 aliphatic heterocycles. The summed E-state index contributed by atoms with van der Waals surface area (Å²) in [7, 11) is 0. The molecule has 2 amide bonds. The van der Waals surface area contributed by atoms with Crippen LogP contribution >= 0.6 is 0 Å². The standard InChI is InChI=1S/C23H23N3O5/c27-19-11-10-17(21(28)25-19)26-22(29)15-5-3-7-18(20(15)23(26)30)31-12-14-9-8-13-4-1-2-6-16(13)24-14/h1-9,15,17,19-21,25,27-28H,10-12H2. The molecule has 2 aromatic rings. The van der Waals surface area contributed by atoms with Crippen LogP contribution in [0.3, 0.4) is 0 Å². The van der Waals surface area contributed by atoms with Gasteiger partial charge in [0.05, 0.1) is 23.2 Å². The number of pyridine rings is 1. The first kappa shape index (κ1) is 19.9. The van der Waals surface area contributed by atoms with Crippen molar-refractivity contribution < 1.29 is 24.5 Å². The third-order valence-corrected chi connectivity index (χ3v) is 6.11. The van der Waals surface area contributed by atoms with Gasteiger partial charge in [-0.15, -0.1) is 0 Å². The number of amides is 2. The normalized spacial score (nSPS) is 30.5. The lowest BCUT2D eigenvalue weighted by molar-refractivity contribution is -0.149. The van der Waals surface area contributed by atoms with Crippen LogP contribution in [0.5, 0.6) is 0 Å². The number of carbonyl (C=O) groups is 2. The van der Waals surface area contributed by atoms with Gasteiger partial charge in [-0.25, -0.2) is 4.98 Å². The molecule has 0 bridgehead atoms. The van der Waals surface area contributed by atoms with E-state index in [1.807, 2.05) is 36.4 Å². The van der Waals surface area contributed by atoms with E-state index >= 15 is 0 Å². The summed E-state index contributed by atoms with van der Waals surface area (Å²) in [6.45, 7) is 0.176. The molecule has 0 saturated carbocycles. The second-order valence-corrected chi connectivity index (χ2v) is 8.06. The van der Waals surface area contributed by atoms with E-state index in [1.165, 1.54) is 0 Å². The van der Waals surface area contributed by atoms with Gasteiger partial charge in [0.25, 0.3) is 0 Å². The third-order valence-electron chi connectivity index (χ3n) is 6.11. The van der Waals surface area contributed by atoms with Crippen LogP contribution in [0.2, 0.25) is 0 Å². The van der Waals surface area contributed by atoms with Gasteiger partial charge in [-0.2, -0.15) is 0 Å². The summed E-state index contributed by atoms with van der Waals surface area (Å²) in [5.41, 5.74) is 1.58. The molecule has 5 atom stereocenters. The van der Waals surface area contributed by atoms with Gasteiger partial charge < -0.3 is 14.9 Å². The Morgan fingerprint density at radius 2 is 1.94 bits per heavy atom. The zero-order chi connectivity index (χ0) is 21.5. The number of allylic oxidation sites excluding steroid dienone is 2. The Kier molecular flexibility index (Phi) is 5.05. The Hall–Kier alpha value is -3.07. The second kappa shape index (κ2) is 7.88. The lowest BCUT2D eigenvalue weighted by Gasteiger charge is -2.36. The molecule has 8 heteroatoms. The number of likely N-dealkylation sites (tertiary alicyclic amines) is 1. The number of hydrogen-bond donors (Lipinski definition) is 3. The Labute approximate surface area is 178 Å². The summed E-state index contributed by atoms with van der Waals surface area (Å²) < 4.78 is 5.96. The molecule has 3 N–H and O–H groups in total. The van der Waals surface area contributed by atoms with Crippen LogP contribution in [0.15, 0.2) is 60.4 Å². The molecule has 2 fully saturated rings. The van der Waals surface area contributed by atoms with Crippen molar-refractivity contribution in [1.82, 2.24) is 15.2 Å². The van der Waals surface area contributed by atoms with Crippen molar-refractivity contribution in [2.75, 3.05) is 0 Å². The quantitative estimate of drug-likeness (QED) is 0.636. The fourth-order valence-corrected chi connectivity index (χ4v) is 4.54. The zero-order valence-electron chi connectivity index (χ0n) is 16.7. The number of rotatable bonds is 4. The van der Waals surface area contributed by atoms with Crippen molar-refractivity contribution >= 4 is 22.7 Å². The lowest BCUT2D eigenvalue weighted by Crippen LogP contribution is -2.58. The lowest BCUT2D eigenvalue weighted by atomic mass is 9.89. The molecular formula is C23H23N3O5. The van der Waals surface area contributed by atoms with E-state index in [-0.39, 0.29) is 18.4 Å². The SMILES string of the molecule is O=C1C2C=CC=C(OCc3ccc4ccccc4n3)C2C(=O)N1C1CCC(O)NC1O. The van der Waals surface area contributed by atoms with Crippen molar-refractivity contribution in [3.8, 4) is 0 Å². The summed E-state index contributed by atoms with van der Waals surface area (Å²) in [6.07, 6.45) is 3.77. The fraction of sp³-hybridized carbons (Fsp3) is 0.348. The van der Waals surface area contributed by atoms with Crippen molar-refractivity contribution in [3.05, 3.63) is 66.1 Å². The fourth-order valence-electron chi connectivity index (χ4n) is 4.54. The Bertz CT molecular complexity index is 1100. The number of fused-ring (bicyclic) bond motifs is 2. The van der Waals surface area contributed by atoms with E-state index in [1.54, 1.807) is 18.2 Å². The van der Waals surface area contributed by atoms with E-state index < -0.39 is 30.3 Å². The summed E-state index contributed by atoms with van der Waals surface area (Å²) in [4.78, 5) is 31.9. The predicted octanol–water partition coefficient (Wildman–Crippen LogP) is 1.20. The number of carbonyl (C=O) groups excluding carboxylic acids is 2. The second-order valence-electron chi connectivity index (χ2n) is 8.06. The van der Waals surface area contributed by atoms with Gasteiger partial charge >= 0.3 is 0 Å². The zero-order valence-corrected chi connectivity index (χ0v) is 16.7. The van der Waals surface area contributed by atoms with E-state index in [0.717, 1.165) is 21.5 Å². The molecule has 5 unspecified atom stereocenters. The summed E-state index contributed by atoms with van der Waals surface area (Å²) in [5, 5.41) is 23.6. The van der Waals surface area contributed by atoms with Crippen LogP contribution in [0, 0.1) is 11.8 Å². The first-order valence-electron chi connectivity index (χ1n) is 10.4. The minimum Gasteiger partial charge on any atom is -0.491 e. The largest absolute Gasteiger partial charge is 0.491 e. The van der Waals surface area contributed by atoms with E-state index in [0.29, 0.717) is 18.6 Å². The summed E-state index contributed by atoms with van der Waals surface area (Å²) in [6, 6.07) is 10.9. The molecule has 0 spiro atoms. The maximum atomic E-state index is 13.2. The van der Waals surface area contributed by atoms with Gasteiger partial charge in [0, 0.05) is 5.39 Å². The molecule has 3 heterocycles. The number of hydrogen-bond acceptors (Lipinski definition) is 7. The Morgan fingerprint density at radius 3 is 2.77 bits per heavy atom. The molecule has 160 valence electrons. The maximum absolute atomic E-state index is 13.2. The number of para-hydroxylation sites is 1. The Balaban J connectivity index is 1.34. The molecule has 31 heavy (non-hydrogen) atoms. The van der Waals surface area contributed by atoms with E-state index in [9.17, 15) is 19.8 Å². The van der Waals surface area contributed by atoms with Gasteiger partial charge in [0.15, 0.2) is 0 Å². The summed E-state index contributed by atoms with van der Waals surface area (Å²) in [5.74, 6) is -1.74. The highest BCUT2D eigenvalue weighted by Gasteiger charge is 2.53. The Morgan fingerprint density at radius 1 is 1.10 bits per heavy atom. The maximum Gasteiger partial charge on any atom is 0.241 e. The minimum absolute atomic E-state index is 0.176. The monoisotopic (exact) mass is 421 g/mol. The number of nitrogens with one attached hydrogen (secondary N) is 1. The van der Waals surface area contributed by atoms with Gasteiger partial charge in [0.1, 0.15) is 30.7 Å². The average Bonchev–Trinajstić information content (AvgIpc) is 3.03. The molecular weight excluding hydrogens is 398 g/mol. The van der Waals surface area contributed by atoms with Crippen LogP contribution in [0.4, 0.5) is 0 Å². The van der Waals surface area contributed by atoms with Crippen LogP contribution in [-0.2, 0) is 20.9 Å². The summed E-state index contributed by atoms with van der Waals surface area (Å²) >= 11 is 0. The van der Waals surface area contributed by atoms with Gasteiger partial charge in [0.2, 0.25) is 11.8 Å². The highest BCUT2D eigenvalue weighted by atomic mass is 16.5. The van der Waals surface area contributed by atoms with E-state index in [2.05, 4.69) is 10.3 Å². The van der Waals surface area contributed by atoms with Crippen LogP contribution in [-0.4, -0.2) is 50.4 Å². The minimum atomic E-state index is -1.17. The van der Waals surface area contributed by atoms with Crippen molar-refractivity contribution in [3.63, 3.8) is 0 Å². The molecule has 0 radical (unpaired) electrons. The number of aliphatic hydroxyl groups is 2. The first-order chi connectivity index (χ1) is 15.0. The van der Waals surface area contributed by atoms with Gasteiger partial charge in [-0.1, -0.05) is 36.4 Å². The van der Waals surface area contributed by atoms with Crippen molar-refractivity contribution in [2.24, 2.45) is 11.8 Å². The predicted molar refractivity (Wildman–Crippen MR) is 111 cm³/mol. The number of piperidine rings is 1. The van der Waals surface area contributed by atoms with Crippen LogP contribution < -0.4 is 5.32 Å². The van der Waals surface area contributed by atoms with Crippen LogP contribution in [0.25, 0.3) is 10.9 Å². The number of aliphatic hydroxyl groups excluding tert-OH is 2. The molecule has 1 aromatic carbocycles.